The van der Waals surface area contributed by atoms with Crippen molar-refractivity contribution in [1.82, 2.24) is 0 Å². The van der Waals surface area contributed by atoms with Gasteiger partial charge in [-0.1, -0.05) is 68.4 Å². The van der Waals surface area contributed by atoms with Crippen molar-refractivity contribution < 1.29 is 4.79 Å². The van der Waals surface area contributed by atoms with Gasteiger partial charge in [-0.25, -0.2) is 0 Å². The van der Waals surface area contributed by atoms with E-state index in [2.05, 4.69) is 12.1 Å². The van der Waals surface area contributed by atoms with Crippen LogP contribution in [0.1, 0.15) is 35.3 Å². The monoisotopic (exact) mass is 238 g/mol. The van der Waals surface area contributed by atoms with Gasteiger partial charge in [-0.3, -0.25) is 4.79 Å². The first-order valence-corrected chi connectivity index (χ1v) is 6.34. The minimum atomic E-state index is 0.0434. The third kappa shape index (κ3) is 2.86. The van der Waals surface area contributed by atoms with E-state index in [0.29, 0.717) is 0 Å². The van der Waals surface area contributed by atoms with Crippen LogP contribution >= 0.6 is 0 Å². The summed E-state index contributed by atoms with van der Waals surface area (Å²) in [7, 11) is 0. The predicted octanol–water partition coefficient (Wildman–Crippen LogP) is 4.12. The van der Waals surface area contributed by atoms with Crippen LogP contribution in [-0.4, -0.2) is 5.78 Å². The summed E-state index contributed by atoms with van der Waals surface area (Å²) in [5, 5.41) is 0. The van der Waals surface area contributed by atoms with Gasteiger partial charge >= 0.3 is 0 Å². The number of Topliss-reactive ketones (excluding diaryl/α,β-unsaturated/α-hetero) is 1. The fourth-order valence-corrected chi connectivity index (χ4v) is 2.04. The number of benzene rings is 2. The van der Waals surface area contributed by atoms with Crippen LogP contribution in [0.15, 0.2) is 54.6 Å². The molecule has 0 bridgehead atoms. The molecule has 1 nitrogen and oxygen atoms in total. The molecular formula is C17H18O. The first-order valence-electron chi connectivity index (χ1n) is 6.34. The lowest BCUT2D eigenvalue weighted by Crippen LogP contribution is -2.10. The van der Waals surface area contributed by atoms with Crippen LogP contribution in [0.5, 0.6) is 0 Å². The van der Waals surface area contributed by atoms with Gasteiger partial charge in [0.05, 0.1) is 0 Å². The fourth-order valence-electron chi connectivity index (χ4n) is 2.04. The highest BCUT2D eigenvalue weighted by Gasteiger charge is 2.14. The van der Waals surface area contributed by atoms with Crippen molar-refractivity contribution in [2.45, 2.75) is 20.3 Å². The van der Waals surface area contributed by atoms with Gasteiger partial charge in [-0.05, 0) is 17.5 Å². The summed E-state index contributed by atoms with van der Waals surface area (Å²) in [6.45, 7) is 3.89. The maximum Gasteiger partial charge on any atom is 0.165 e. The molecule has 2 aromatic carbocycles. The van der Waals surface area contributed by atoms with E-state index in [9.17, 15) is 4.79 Å². The molecule has 2 rings (SSSR count). The third-order valence-electron chi connectivity index (χ3n) is 3.04. The smallest absolute Gasteiger partial charge is 0.165 e. The molecule has 0 atom stereocenters. The lowest BCUT2D eigenvalue weighted by atomic mass is 9.93. The van der Waals surface area contributed by atoms with Crippen LogP contribution in [0.2, 0.25) is 0 Å². The van der Waals surface area contributed by atoms with E-state index in [1.807, 2.05) is 56.3 Å². The van der Waals surface area contributed by atoms with Crippen molar-refractivity contribution in [1.29, 1.82) is 0 Å². The first kappa shape index (κ1) is 12.6. The van der Waals surface area contributed by atoms with Crippen LogP contribution in [0, 0.1) is 5.92 Å². The summed E-state index contributed by atoms with van der Waals surface area (Å²) in [5.41, 5.74) is 3.21. The Morgan fingerprint density at radius 1 is 0.944 bits per heavy atom. The van der Waals surface area contributed by atoms with Gasteiger partial charge in [0.2, 0.25) is 0 Å². The molecule has 0 heterocycles. The summed E-state index contributed by atoms with van der Waals surface area (Å²) >= 11 is 0. The maximum absolute atomic E-state index is 12.2. The predicted molar refractivity (Wildman–Crippen MR) is 74.9 cm³/mol. The molecule has 2 aromatic rings. The Morgan fingerprint density at radius 2 is 1.56 bits per heavy atom. The average Bonchev–Trinajstić information content (AvgIpc) is 2.39. The van der Waals surface area contributed by atoms with E-state index in [0.717, 1.165) is 17.5 Å². The number of carbonyl (C=O) groups is 1. The first-order chi connectivity index (χ1) is 8.68. The highest BCUT2D eigenvalue weighted by atomic mass is 16.1. The van der Waals surface area contributed by atoms with Gasteiger partial charge < -0.3 is 0 Å². The fraction of sp³-hybridized carbons (Fsp3) is 0.235. The molecule has 1 heteroatoms. The highest BCUT2D eigenvalue weighted by molar-refractivity contribution is 5.98. The topological polar surface area (TPSA) is 17.1 Å². The molecule has 0 aliphatic heterocycles. The molecule has 0 unspecified atom stereocenters. The van der Waals surface area contributed by atoms with Crippen molar-refractivity contribution in [2.24, 2.45) is 5.92 Å². The zero-order chi connectivity index (χ0) is 13.0. The Bertz CT molecular complexity index is 526. The highest BCUT2D eigenvalue weighted by Crippen LogP contribution is 2.17. The van der Waals surface area contributed by atoms with E-state index >= 15 is 0 Å². The average molecular weight is 238 g/mol. The number of carbonyl (C=O) groups excluding carboxylic acids is 1. The minimum Gasteiger partial charge on any atom is -0.294 e. The Morgan fingerprint density at radius 3 is 2.22 bits per heavy atom. The molecule has 92 valence electrons. The van der Waals surface area contributed by atoms with Gasteiger partial charge in [0, 0.05) is 11.5 Å². The second kappa shape index (κ2) is 5.63. The Kier molecular flexibility index (Phi) is 3.93. The quantitative estimate of drug-likeness (QED) is 0.732. The second-order valence-corrected chi connectivity index (χ2v) is 4.84. The molecule has 0 aliphatic rings. The van der Waals surface area contributed by atoms with Gasteiger partial charge in [0.25, 0.3) is 0 Å². The van der Waals surface area contributed by atoms with Crippen LogP contribution in [-0.2, 0) is 6.42 Å². The Hall–Kier alpha value is -1.89. The summed E-state index contributed by atoms with van der Waals surface area (Å²) in [6, 6.07) is 18.2. The molecular weight excluding hydrogens is 220 g/mol. The van der Waals surface area contributed by atoms with Gasteiger partial charge in [-0.2, -0.15) is 0 Å². The molecule has 0 saturated heterocycles. The molecule has 18 heavy (non-hydrogen) atoms. The molecule has 0 N–H and O–H groups in total. The molecule has 0 spiro atoms. The van der Waals surface area contributed by atoms with Gasteiger partial charge in [-0.15, -0.1) is 0 Å². The zero-order valence-corrected chi connectivity index (χ0v) is 10.9. The van der Waals surface area contributed by atoms with E-state index in [4.69, 9.17) is 0 Å². The lowest BCUT2D eigenvalue weighted by molar-refractivity contribution is 0.0938. The second-order valence-electron chi connectivity index (χ2n) is 4.84. The van der Waals surface area contributed by atoms with Crippen LogP contribution in [0.3, 0.4) is 0 Å². The summed E-state index contributed by atoms with van der Waals surface area (Å²) in [5.74, 6) is 0.267. The van der Waals surface area contributed by atoms with Crippen molar-refractivity contribution in [3.63, 3.8) is 0 Å². The minimum absolute atomic E-state index is 0.0434. The molecule has 0 aromatic heterocycles. The molecule has 0 radical (unpaired) electrons. The van der Waals surface area contributed by atoms with Crippen molar-refractivity contribution in [3.05, 3.63) is 71.3 Å². The number of ketones is 1. The lowest BCUT2D eigenvalue weighted by Gasteiger charge is -2.10. The van der Waals surface area contributed by atoms with E-state index < -0.39 is 0 Å². The summed E-state index contributed by atoms with van der Waals surface area (Å²) in [4.78, 5) is 12.2. The Labute approximate surface area is 108 Å². The summed E-state index contributed by atoms with van der Waals surface area (Å²) < 4.78 is 0. The molecule has 0 saturated carbocycles. The summed E-state index contributed by atoms with van der Waals surface area (Å²) in [6.07, 6.45) is 0.815. The maximum atomic E-state index is 12.2. The van der Waals surface area contributed by atoms with Crippen molar-refractivity contribution >= 4 is 5.78 Å². The SMILES string of the molecule is CC(C)C(=O)c1ccccc1Cc1ccccc1. The van der Waals surface area contributed by atoms with Crippen molar-refractivity contribution in [3.8, 4) is 0 Å². The van der Waals surface area contributed by atoms with E-state index in [1.165, 1.54) is 5.56 Å². The van der Waals surface area contributed by atoms with Gasteiger partial charge in [0.15, 0.2) is 5.78 Å². The standard InChI is InChI=1S/C17H18O/c1-13(2)17(18)16-11-7-6-10-15(16)12-14-8-4-3-5-9-14/h3-11,13H,12H2,1-2H3. The zero-order valence-electron chi connectivity index (χ0n) is 10.9. The number of hydrogen-bond donors (Lipinski definition) is 0. The molecule has 0 fully saturated rings. The van der Waals surface area contributed by atoms with E-state index in [1.54, 1.807) is 0 Å². The third-order valence-corrected chi connectivity index (χ3v) is 3.04. The van der Waals surface area contributed by atoms with Crippen LogP contribution in [0.4, 0.5) is 0 Å². The largest absolute Gasteiger partial charge is 0.294 e. The number of rotatable bonds is 4. The van der Waals surface area contributed by atoms with E-state index in [-0.39, 0.29) is 11.7 Å². The van der Waals surface area contributed by atoms with Crippen LogP contribution in [0.25, 0.3) is 0 Å². The molecule has 0 amide bonds. The Balaban J connectivity index is 2.31. The van der Waals surface area contributed by atoms with Gasteiger partial charge in [0.1, 0.15) is 0 Å². The molecule has 0 aliphatic carbocycles. The number of hydrogen-bond acceptors (Lipinski definition) is 1. The van der Waals surface area contributed by atoms with Crippen LogP contribution < -0.4 is 0 Å². The van der Waals surface area contributed by atoms with Crippen molar-refractivity contribution in [2.75, 3.05) is 0 Å². The normalized spacial score (nSPS) is 10.6.